The second kappa shape index (κ2) is 8.13. The highest BCUT2D eigenvalue weighted by atomic mass is 16.5. The number of aryl methyl sites for hydroxylation is 1. The third-order valence-electron chi connectivity index (χ3n) is 5.48. The molecule has 0 radical (unpaired) electrons. The van der Waals surface area contributed by atoms with Crippen molar-refractivity contribution in [3.8, 4) is 5.75 Å². The van der Waals surface area contributed by atoms with Crippen LogP contribution in [0.3, 0.4) is 0 Å². The van der Waals surface area contributed by atoms with Crippen LogP contribution in [0.25, 0.3) is 0 Å². The number of likely N-dealkylation sites (tertiary alicyclic amines) is 1. The molecule has 2 atom stereocenters. The van der Waals surface area contributed by atoms with Crippen molar-refractivity contribution < 1.29 is 14.3 Å². The number of hydrogen-bond donors (Lipinski definition) is 0. The van der Waals surface area contributed by atoms with E-state index in [4.69, 9.17) is 9.47 Å². The minimum atomic E-state index is -0.235. The summed E-state index contributed by atoms with van der Waals surface area (Å²) in [5.41, 5.74) is 0. The van der Waals surface area contributed by atoms with E-state index in [1.165, 1.54) is 0 Å². The molecule has 27 heavy (non-hydrogen) atoms. The van der Waals surface area contributed by atoms with Gasteiger partial charge in [0, 0.05) is 44.6 Å². The summed E-state index contributed by atoms with van der Waals surface area (Å²) in [6, 6.07) is 9.83. The first-order valence-corrected chi connectivity index (χ1v) is 9.85. The Morgan fingerprint density at radius 1 is 1.30 bits per heavy atom. The average molecular weight is 369 g/mol. The van der Waals surface area contributed by atoms with E-state index >= 15 is 0 Å². The molecule has 2 aliphatic heterocycles. The average Bonchev–Trinajstić information content (AvgIpc) is 3.16. The number of ether oxygens (including phenoxy) is 2. The Morgan fingerprint density at radius 3 is 2.89 bits per heavy atom. The molecule has 0 spiro atoms. The lowest BCUT2D eigenvalue weighted by molar-refractivity contribution is -0.153. The number of hydrogen-bond acceptors (Lipinski definition) is 4. The Balaban J connectivity index is 1.33. The van der Waals surface area contributed by atoms with E-state index in [0.29, 0.717) is 19.1 Å². The molecule has 0 bridgehead atoms. The van der Waals surface area contributed by atoms with Crippen LogP contribution in [0.2, 0.25) is 0 Å². The number of amides is 1. The molecule has 6 heteroatoms. The van der Waals surface area contributed by atoms with Crippen LogP contribution in [0.4, 0.5) is 0 Å². The minimum absolute atomic E-state index is 0.137. The number of imidazole rings is 1. The molecule has 4 rings (SSSR count). The van der Waals surface area contributed by atoms with E-state index in [9.17, 15) is 4.79 Å². The second-order valence-corrected chi connectivity index (χ2v) is 7.34. The van der Waals surface area contributed by atoms with E-state index in [-0.39, 0.29) is 17.9 Å². The monoisotopic (exact) mass is 369 g/mol. The van der Waals surface area contributed by atoms with Crippen LogP contribution in [-0.2, 0) is 16.1 Å². The Kier molecular flexibility index (Phi) is 5.43. The fourth-order valence-corrected chi connectivity index (χ4v) is 3.95. The summed E-state index contributed by atoms with van der Waals surface area (Å²) >= 11 is 0. The summed E-state index contributed by atoms with van der Waals surface area (Å²) in [6.07, 6.45) is 5.30. The van der Waals surface area contributed by atoms with Gasteiger partial charge in [-0.3, -0.25) is 4.79 Å². The predicted molar refractivity (Wildman–Crippen MR) is 101 cm³/mol. The van der Waals surface area contributed by atoms with Gasteiger partial charge in [-0.15, -0.1) is 0 Å². The van der Waals surface area contributed by atoms with E-state index in [1.807, 2.05) is 41.4 Å². The molecule has 0 aliphatic carbocycles. The lowest BCUT2D eigenvalue weighted by Crippen LogP contribution is -2.55. The number of carbonyl (C=O) groups is 1. The molecule has 1 aromatic heterocycles. The third-order valence-corrected chi connectivity index (χ3v) is 5.48. The smallest absolute Gasteiger partial charge is 0.228 e. The summed E-state index contributed by atoms with van der Waals surface area (Å²) < 4.78 is 13.9. The molecule has 1 amide bonds. The van der Waals surface area contributed by atoms with Crippen LogP contribution in [0.1, 0.15) is 31.7 Å². The van der Waals surface area contributed by atoms with Gasteiger partial charge in [0.1, 0.15) is 17.7 Å². The zero-order chi connectivity index (χ0) is 18.6. The Hall–Kier alpha value is -2.34. The quantitative estimate of drug-likeness (QED) is 0.786. The van der Waals surface area contributed by atoms with Gasteiger partial charge in [0.25, 0.3) is 0 Å². The maximum Gasteiger partial charge on any atom is 0.228 e. The minimum Gasteiger partial charge on any atom is -0.493 e. The summed E-state index contributed by atoms with van der Waals surface area (Å²) in [5.74, 6) is 2.22. The molecule has 0 unspecified atom stereocenters. The van der Waals surface area contributed by atoms with Gasteiger partial charge in [-0.2, -0.15) is 0 Å². The molecule has 1 aromatic carbocycles. The van der Waals surface area contributed by atoms with Crippen molar-refractivity contribution in [1.82, 2.24) is 14.5 Å². The van der Waals surface area contributed by atoms with E-state index < -0.39 is 0 Å². The van der Waals surface area contributed by atoms with E-state index in [2.05, 4.69) is 16.5 Å². The number of benzene rings is 1. The van der Waals surface area contributed by atoms with Crippen LogP contribution in [0, 0.1) is 11.8 Å². The zero-order valence-corrected chi connectivity index (χ0v) is 15.8. The van der Waals surface area contributed by atoms with Crippen LogP contribution >= 0.6 is 0 Å². The van der Waals surface area contributed by atoms with Crippen molar-refractivity contribution in [3.63, 3.8) is 0 Å². The van der Waals surface area contributed by atoms with Crippen molar-refractivity contribution in [2.45, 2.75) is 32.4 Å². The number of aromatic nitrogens is 2. The van der Waals surface area contributed by atoms with Crippen molar-refractivity contribution >= 4 is 5.91 Å². The van der Waals surface area contributed by atoms with Crippen molar-refractivity contribution in [2.24, 2.45) is 11.8 Å². The van der Waals surface area contributed by atoms with Gasteiger partial charge in [-0.05, 0) is 31.9 Å². The number of nitrogens with zero attached hydrogens (tertiary/aromatic N) is 3. The van der Waals surface area contributed by atoms with E-state index in [1.54, 1.807) is 6.20 Å². The lowest BCUT2D eigenvalue weighted by Gasteiger charge is -2.42. The SMILES string of the molecule is CCn1ccnc1[C@@H]1OCCC[C@H]1C(=O)N1CC(COc2ccccc2)C1. The molecule has 2 saturated heterocycles. The van der Waals surface area contributed by atoms with Crippen molar-refractivity contribution in [1.29, 1.82) is 0 Å². The molecule has 144 valence electrons. The summed E-state index contributed by atoms with van der Waals surface area (Å²) in [6.45, 7) is 5.78. The van der Waals surface area contributed by atoms with Gasteiger partial charge in [0.2, 0.25) is 5.91 Å². The van der Waals surface area contributed by atoms with Gasteiger partial charge in [0.15, 0.2) is 0 Å². The molecule has 3 heterocycles. The fourth-order valence-electron chi connectivity index (χ4n) is 3.95. The van der Waals surface area contributed by atoms with Gasteiger partial charge in [-0.25, -0.2) is 4.98 Å². The van der Waals surface area contributed by atoms with E-state index in [0.717, 1.165) is 44.0 Å². The highest BCUT2D eigenvalue weighted by Gasteiger charge is 2.41. The van der Waals surface area contributed by atoms with Crippen LogP contribution in [0.5, 0.6) is 5.75 Å². The standard InChI is InChI=1S/C21H27N3O3/c1-2-23-11-10-22-20(23)19-18(9-6-12-26-19)21(25)24-13-16(14-24)15-27-17-7-4-3-5-8-17/h3-5,7-8,10-11,16,18-19H,2,6,9,12-15H2,1H3/t18-,19-/m1/s1. The highest BCUT2D eigenvalue weighted by Crippen LogP contribution is 2.35. The normalized spacial score (nSPS) is 23.1. The Bertz CT molecular complexity index is 755. The molecule has 6 nitrogen and oxygen atoms in total. The number of carbonyl (C=O) groups excluding carboxylic acids is 1. The molecule has 0 saturated carbocycles. The molecule has 2 fully saturated rings. The van der Waals surface area contributed by atoms with Gasteiger partial charge >= 0.3 is 0 Å². The first kappa shape index (κ1) is 18.0. The van der Waals surface area contributed by atoms with Gasteiger partial charge < -0.3 is 18.9 Å². The first-order chi connectivity index (χ1) is 13.3. The molecular formula is C21H27N3O3. The predicted octanol–water partition coefficient (Wildman–Crippen LogP) is 2.91. The molecule has 2 aliphatic rings. The van der Waals surface area contributed by atoms with Crippen LogP contribution < -0.4 is 4.74 Å². The number of para-hydroxylation sites is 1. The first-order valence-electron chi connectivity index (χ1n) is 9.85. The fraction of sp³-hybridized carbons (Fsp3) is 0.524. The lowest BCUT2D eigenvalue weighted by atomic mass is 9.89. The topological polar surface area (TPSA) is 56.6 Å². The Labute approximate surface area is 160 Å². The third kappa shape index (κ3) is 3.86. The molecule has 2 aromatic rings. The summed E-state index contributed by atoms with van der Waals surface area (Å²) in [7, 11) is 0. The maximum absolute atomic E-state index is 13.1. The molecular weight excluding hydrogens is 342 g/mol. The Morgan fingerprint density at radius 2 is 2.11 bits per heavy atom. The van der Waals surface area contributed by atoms with Crippen molar-refractivity contribution in [3.05, 3.63) is 48.5 Å². The molecule has 0 N–H and O–H groups in total. The summed E-state index contributed by atoms with van der Waals surface area (Å²) in [4.78, 5) is 19.5. The zero-order valence-electron chi connectivity index (χ0n) is 15.8. The van der Waals surface area contributed by atoms with Crippen molar-refractivity contribution in [2.75, 3.05) is 26.3 Å². The second-order valence-electron chi connectivity index (χ2n) is 7.34. The number of rotatable bonds is 6. The summed E-state index contributed by atoms with van der Waals surface area (Å²) in [5, 5.41) is 0. The van der Waals surface area contributed by atoms with Gasteiger partial charge in [-0.1, -0.05) is 18.2 Å². The van der Waals surface area contributed by atoms with Crippen LogP contribution in [-0.4, -0.2) is 46.7 Å². The van der Waals surface area contributed by atoms with Gasteiger partial charge in [0.05, 0.1) is 12.5 Å². The maximum atomic E-state index is 13.1. The highest BCUT2D eigenvalue weighted by molar-refractivity contribution is 5.80. The largest absolute Gasteiger partial charge is 0.493 e. The van der Waals surface area contributed by atoms with Crippen LogP contribution in [0.15, 0.2) is 42.7 Å².